The summed E-state index contributed by atoms with van der Waals surface area (Å²) in [6.07, 6.45) is 0. The molecule has 0 aromatic heterocycles. The molecular weight excluding hydrogens is 384 g/mol. The van der Waals surface area contributed by atoms with Crippen LogP contribution in [0.15, 0.2) is 84.6 Å². The molecule has 0 fully saturated rings. The van der Waals surface area contributed by atoms with E-state index in [4.69, 9.17) is 0 Å². The van der Waals surface area contributed by atoms with Gasteiger partial charge >= 0.3 is 0 Å². The zero-order chi connectivity index (χ0) is 22.0. The monoisotopic (exact) mass is 410 g/mol. The molecule has 1 amide bonds. The lowest BCUT2D eigenvalue weighted by Crippen LogP contribution is -2.37. The summed E-state index contributed by atoms with van der Waals surface area (Å²) in [7, 11) is 0. The van der Waals surface area contributed by atoms with Crippen LogP contribution >= 0.6 is 0 Å². The molecule has 31 heavy (non-hydrogen) atoms. The Morgan fingerprint density at radius 3 is 2.19 bits per heavy atom. The van der Waals surface area contributed by atoms with Gasteiger partial charge in [-0.15, -0.1) is 0 Å². The Morgan fingerprint density at radius 1 is 0.903 bits per heavy atom. The lowest BCUT2D eigenvalue weighted by Gasteiger charge is -2.34. The molecule has 0 aliphatic carbocycles. The van der Waals surface area contributed by atoms with Gasteiger partial charge in [-0.1, -0.05) is 72.3 Å². The van der Waals surface area contributed by atoms with Gasteiger partial charge in [0.15, 0.2) is 5.78 Å². The molecule has 156 valence electrons. The summed E-state index contributed by atoms with van der Waals surface area (Å²) in [6, 6.07) is 24.9. The zero-order valence-corrected chi connectivity index (χ0v) is 18.1. The van der Waals surface area contributed by atoms with Gasteiger partial charge in [0.2, 0.25) is 0 Å². The molecule has 1 heterocycles. The molecule has 0 radical (unpaired) electrons. The van der Waals surface area contributed by atoms with Crippen LogP contribution < -0.4 is 10.2 Å². The summed E-state index contributed by atoms with van der Waals surface area (Å²) in [5.41, 5.74) is 6.40. The van der Waals surface area contributed by atoms with E-state index in [-0.39, 0.29) is 11.7 Å². The van der Waals surface area contributed by atoms with Crippen molar-refractivity contribution in [3.63, 3.8) is 0 Å². The van der Waals surface area contributed by atoms with E-state index in [0.717, 1.165) is 33.6 Å². The summed E-state index contributed by atoms with van der Waals surface area (Å²) in [5.74, 6) is -0.341. The molecule has 4 heteroatoms. The Kier molecular flexibility index (Phi) is 5.72. The Morgan fingerprint density at radius 2 is 1.55 bits per heavy atom. The minimum Gasteiger partial charge on any atom is -0.340 e. The number of hydrogen-bond donors (Lipinski definition) is 1. The number of aryl methyl sites for hydroxylation is 1. The largest absolute Gasteiger partial charge is 0.340 e. The minimum absolute atomic E-state index is 0.0991. The van der Waals surface area contributed by atoms with Gasteiger partial charge in [0.05, 0.1) is 5.57 Å². The first-order chi connectivity index (χ1) is 15.0. The fraction of sp³-hybridized carbons (Fsp3) is 0.185. The van der Waals surface area contributed by atoms with E-state index >= 15 is 0 Å². The van der Waals surface area contributed by atoms with Crippen LogP contribution in [-0.4, -0.2) is 11.7 Å². The first-order valence-corrected chi connectivity index (χ1v) is 10.5. The number of para-hydroxylation sites is 1. The fourth-order valence-corrected chi connectivity index (χ4v) is 4.13. The van der Waals surface area contributed by atoms with Crippen molar-refractivity contribution in [3.05, 3.63) is 107 Å². The molecule has 1 N–H and O–H groups in total. The number of rotatable bonds is 5. The van der Waals surface area contributed by atoms with Crippen molar-refractivity contribution in [3.8, 4) is 0 Å². The lowest BCUT2D eigenvalue weighted by atomic mass is 9.90. The van der Waals surface area contributed by atoms with E-state index in [1.807, 2.05) is 74.5 Å². The molecule has 0 unspecified atom stereocenters. The highest BCUT2D eigenvalue weighted by Gasteiger charge is 2.30. The third-order valence-electron chi connectivity index (χ3n) is 5.74. The topological polar surface area (TPSA) is 49.4 Å². The lowest BCUT2D eigenvalue weighted by molar-refractivity contribution is -0.124. The highest BCUT2D eigenvalue weighted by Crippen LogP contribution is 2.36. The molecule has 3 aromatic rings. The second-order valence-electron chi connectivity index (χ2n) is 7.97. The maximum atomic E-state index is 13.6. The van der Waals surface area contributed by atoms with E-state index < -0.39 is 6.04 Å². The number of carbonyl (C=O) groups is 2. The van der Waals surface area contributed by atoms with Crippen LogP contribution in [0.1, 0.15) is 42.1 Å². The number of fused-ring (bicyclic) bond motifs is 1. The van der Waals surface area contributed by atoms with Gasteiger partial charge in [-0.3, -0.25) is 9.59 Å². The predicted octanol–water partition coefficient (Wildman–Crippen LogP) is 5.19. The van der Waals surface area contributed by atoms with Crippen molar-refractivity contribution in [2.45, 2.75) is 33.4 Å². The zero-order valence-electron chi connectivity index (χ0n) is 18.1. The van der Waals surface area contributed by atoms with Crippen molar-refractivity contribution < 1.29 is 9.59 Å². The number of carbonyl (C=O) groups excluding carboxylic acids is 2. The van der Waals surface area contributed by atoms with Crippen LogP contribution in [0.5, 0.6) is 0 Å². The van der Waals surface area contributed by atoms with Gasteiger partial charge in [-0.2, -0.15) is 0 Å². The second kappa shape index (κ2) is 8.60. The van der Waals surface area contributed by atoms with Crippen LogP contribution in [0.4, 0.5) is 5.69 Å². The van der Waals surface area contributed by atoms with Gasteiger partial charge in [-0.05, 0) is 49.6 Å². The van der Waals surface area contributed by atoms with E-state index in [1.54, 1.807) is 0 Å². The highest BCUT2D eigenvalue weighted by molar-refractivity contribution is 6.22. The van der Waals surface area contributed by atoms with Crippen molar-refractivity contribution >= 4 is 23.0 Å². The van der Waals surface area contributed by atoms with Gasteiger partial charge in [0, 0.05) is 17.9 Å². The molecule has 1 aliphatic heterocycles. The standard InChI is InChI=1S/C27H26N2O2/c1-18-14-15-22-17-29(23-12-8-5-9-13-23)19(2)25(24(22)16-18)27(31)28-26(20(3)30)21-10-6-4-7-11-21/h4-16,26H,17H2,1-3H3,(H,28,31)/t26-/m1/s1. The molecule has 3 aromatic carbocycles. The van der Waals surface area contributed by atoms with Crippen molar-refractivity contribution in [1.82, 2.24) is 5.32 Å². The van der Waals surface area contributed by atoms with Gasteiger partial charge in [-0.25, -0.2) is 0 Å². The van der Waals surface area contributed by atoms with E-state index in [9.17, 15) is 9.59 Å². The first-order valence-electron chi connectivity index (χ1n) is 10.5. The number of anilines is 1. The molecule has 0 bridgehead atoms. The van der Waals surface area contributed by atoms with Gasteiger partial charge in [0.1, 0.15) is 6.04 Å². The quantitative estimate of drug-likeness (QED) is 0.630. The highest BCUT2D eigenvalue weighted by atomic mass is 16.2. The Hall–Kier alpha value is -3.66. The summed E-state index contributed by atoms with van der Waals surface area (Å²) in [4.78, 5) is 28.1. The summed E-state index contributed by atoms with van der Waals surface area (Å²) in [6.45, 7) is 6.20. The van der Waals surface area contributed by atoms with Crippen LogP contribution in [0, 0.1) is 6.92 Å². The Labute approximate surface area is 183 Å². The van der Waals surface area contributed by atoms with Gasteiger partial charge in [0.25, 0.3) is 5.91 Å². The number of nitrogens with zero attached hydrogens (tertiary/aromatic N) is 1. The van der Waals surface area contributed by atoms with Crippen LogP contribution in [0.3, 0.4) is 0 Å². The number of Topliss-reactive ketones (excluding diaryl/α,β-unsaturated/α-hetero) is 1. The molecule has 0 saturated carbocycles. The third-order valence-corrected chi connectivity index (χ3v) is 5.74. The SMILES string of the molecule is CC(=O)[C@@H](NC(=O)C1=C(C)N(c2ccccc2)Cc2ccc(C)cc21)c1ccccc1. The Balaban J connectivity index is 1.78. The summed E-state index contributed by atoms with van der Waals surface area (Å²) >= 11 is 0. The van der Waals surface area contributed by atoms with Crippen LogP contribution in [-0.2, 0) is 16.1 Å². The predicted molar refractivity (Wildman–Crippen MR) is 124 cm³/mol. The maximum absolute atomic E-state index is 13.6. The molecule has 4 rings (SSSR count). The number of allylic oxidation sites excluding steroid dienone is 1. The molecule has 4 nitrogen and oxygen atoms in total. The van der Waals surface area contributed by atoms with Crippen LogP contribution in [0.2, 0.25) is 0 Å². The molecule has 0 saturated heterocycles. The van der Waals surface area contributed by atoms with Crippen molar-refractivity contribution in [2.24, 2.45) is 0 Å². The number of ketones is 1. The molecular formula is C27H26N2O2. The average molecular weight is 411 g/mol. The number of nitrogens with one attached hydrogen (secondary N) is 1. The normalized spacial score (nSPS) is 14.1. The van der Waals surface area contributed by atoms with Crippen molar-refractivity contribution in [2.75, 3.05) is 4.90 Å². The van der Waals surface area contributed by atoms with E-state index in [2.05, 4.69) is 28.4 Å². The fourth-order valence-electron chi connectivity index (χ4n) is 4.13. The maximum Gasteiger partial charge on any atom is 0.254 e. The summed E-state index contributed by atoms with van der Waals surface area (Å²) < 4.78 is 0. The number of amides is 1. The summed E-state index contributed by atoms with van der Waals surface area (Å²) in [5, 5.41) is 2.99. The first kappa shape index (κ1) is 20.6. The number of benzene rings is 3. The van der Waals surface area contributed by atoms with E-state index in [1.165, 1.54) is 6.92 Å². The minimum atomic E-state index is -0.686. The molecule has 1 aliphatic rings. The number of hydrogen-bond acceptors (Lipinski definition) is 3. The van der Waals surface area contributed by atoms with Crippen molar-refractivity contribution in [1.29, 1.82) is 0 Å². The third kappa shape index (κ3) is 4.15. The smallest absolute Gasteiger partial charge is 0.254 e. The second-order valence-corrected chi connectivity index (χ2v) is 7.97. The Bertz CT molecular complexity index is 1150. The molecule has 0 spiro atoms. The average Bonchev–Trinajstić information content (AvgIpc) is 2.78. The van der Waals surface area contributed by atoms with Gasteiger partial charge < -0.3 is 10.2 Å². The molecule has 1 atom stereocenters. The van der Waals surface area contributed by atoms with Crippen LogP contribution in [0.25, 0.3) is 5.57 Å². The van der Waals surface area contributed by atoms with E-state index in [0.29, 0.717) is 12.1 Å².